The minimum atomic E-state index is 0.981. The first-order chi connectivity index (χ1) is 15.7. The highest BCUT2D eigenvalue weighted by Crippen LogP contribution is 2.42. The summed E-state index contributed by atoms with van der Waals surface area (Å²) >= 11 is 0. The summed E-state index contributed by atoms with van der Waals surface area (Å²) in [5.41, 5.74) is 7.36. The summed E-state index contributed by atoms with van der Waals surface area (Å²) in [6, 6.07) is 8.22. The molecule has 162 valence electrons. The van der Waals surface area contributed by atoms with Gasteiger partial charge in [0.05, 0.1) is 11.4 Å². The molecule has 6 nitrogen and oxygen atoms in total. The quantitative estimate of drug-likeness (QED) is 0.380. The van der Waals surface area contributed by atoms with Crippen LogP contribution in [0.25, 0.3) is 11.6 Å². The number of imidazole rings is 2. The normalized spacial score (nSPS) is 14.7. The first-order valence-electron chi connectivity index (χ1n) is 11.1. The van der Waals surface area contributed by atoms with E-state index in [0.29, 0.717) is 0 Å². The highest BCUT2D eigenvalue weighted by atomic mass is 33.1. The lowest BCUT2D eigenvalue weighted by molar-refractivity contribution is 0.765. The smallest absolute Gasteiger partial charge is 0.185 e. The Labute approximate surface area is 195 Å². The molecule has 4 aromatic heterocycles. The molecule has 0 amide bonds. The van der Waals surface area contributed by atoms with Crippen LogP contribution in [0.4, 0.5) is 0 Å². The van der Waals surface area contributed by atoms with Crippen molar-refractivity contribution in [3.8, 4) is 11.6 Å². The summed E-state index contributed by atoms with van der Waals surface area (Å²) in [7, 11) is 3.35. The molecule has 4 heterocycles. The van der Waals surface area contributed by atoms with Gasteiger partial charge in [-0.3, -0.25) is 9.13 Å². The second kappa shape index (κ2) is 8.08. The molecule has 0 aliphatic heterocycles. The Hall–Kier alpha value is -2.58. The predicted octanol–water partition coefficient (Wildman–Crippen LogP) is 5.24. The lowest BCUT2D eigenvalue weighted by atomic mass is 10.3. The highest BCUT2D eigenvalue weighted by molar-refractivity contribution is 8.76. The Bertz CT molecular complexity index is 1220. The Morgan fingerprint density at radius 1 is 0.688 bits per heavy atom. The first kappa shape index (κ1) is 20.1. The maximum Gasteiger partial charge on any atom is 0.185 e. The van der Waals surface area contributed by atoms with Crippen LogP contribution in [-0.2, 0) is 25.7 Å². The maximum atomic E-state index is 5.02. The summed E-state index contributed by atoms with van der Waals surface area (Å²) < 4.78 is 4.53. The molecule has 0 fully saturated rings. The highest BCUT2D eigenvalue weighted by Gasteiger charge is 2.27. The van der Waals surface area contributed by atoms with E-state index in [1.807, 2.05) is 24.5 Å². The Kier molecular flexibility index (Phi) is 5.07. The lowest BCUT2D eigenvalue weighted by Crippen LogP contribution is -2.06. The molecule has 2 aliphatic carbocycles. The molecule has 0 saturated carbocycles. The zero-order chi connectivity index (χ0) is 21.7. The molecule has 6 rings (SSSR count). The monoisotopic (exact) mass is 460 g/mol. The van der Waals surface area contributed by atoms with Crippen LogP contribution in [-0.4, -0.2) is 29.1 Å². The van der Waals surface area contributed by atoms with Gasteiger partial charge in [-0.05, 0) is 97.2 Å². The van der Waals surface area contributed by atoms with Gasteiger partial charge in [0, 0.05) is 23.8 Å². The van der Waals surface area contributed by atoms with E-state index >= 15 is 0 Å². The molecule has 0 N–H and O–H groups in total. The van der Waals surface area contributed by atoms with Crippen molar-refractivity contribution in [1.82, 2.24) is 29.1 Å². The van der Waals surface area contributed by atoms with Gasteiger partial charge in [-0.25, -0.2) is 19.9 Å². The summed E-state index contributed by atoms with van der Waals surface area (Å²) in [6.07, 6.45) is 10.3. The SMILES string of the molecule is Cc1cccnc1-n1c(SSc2nc3c(n2-c2ncccc2C)CCC3)nc2c1CCC2. The van der Waals surface area contributed by atoms with Gasteiger partial charge in [0.15, 0.2) is 10.3 Å². The molecule has 0 saturated heterocycles. The van der Waals surface area contributed by atoms with Gasteiger partial charge in [-0.2, -0.15) is 0 Å². The molecule has 0 atom stereocenters. The van der Waals surface area contributed by atoms with Gasteiger partial charge < -0.3 is 0 Å². The van der Waals surface area contributed by atoms with Crippen LogP contribution in [0.15, 0.2) is 47.0 Å². The van der Waals surface area contributed by atoms with Gasteiger partial charge in [-0.15, -0.1) is 0 Å². The van der Waals surface area contributed by atoms with E-state index in [2.05, 4.69) is 35.1 Å². The average molecular weight is 461 g/mol. The zero-order valence-electron chi connectivity index (χ0n) is 18.2. The van der Waals surface area contributed by atoms with E-state index in [4.69, 9.17) is 19.9 Å². The summed E-state index contributed by atoms with van der Waals surface area (Å²) in [6.45, 7) is 4.23. The average Bonchev–Trinajstić information content (AvgIpc) is 3.54. The fourth-order valence-corrected chi connectivity index (χ4v) is 6.86. The third-order valence-electron chi connectivity index (χ3n) is 6.28. The summed E-state index contributed by atoms with van der Waals surface area (Å²) in [4.78, 5) is 19.4. The predicted molar refractivity (Wildman–Crippen MR) is 128 cm³/mol. The van der Waals surface area contributed by atoms with E-state index in [-0.39, 0.29) is 0 Å². The fraction of sp³-hybridized carbons (Fsp3) is 0.333. The molecule has 0 bridgehead atoms. The molecule has 8 heteroatoms. The van der Waals surface area contributed by atoms with Gasteiger partial charge in [0.2, 0.25) is 0 Å². The summed E-state index contributed by atoms with van der Waals surface area (Å²) in [5, 5.41) is 1.96. The molecule has 2 aliphatic rings. The van der Waals surface area contributed by atoms with Gasteiger partial charge in [-0.1, -0.05) is 12.1 Å². The number of fused-ring (bicyclic) bond motifs is 2. The third-order valence-corrected chi connectivity index (χ3v) is 8.36. The molecule has 0 radical (unpaired) electrons. The van der Waals surface area contributed by atoms with E-state index in [1.54, 1.807) is 21.6 Å². The Morgan fingerprint density at radius 3 is 1.59 bits per heavy atom. The van der Waals surface area contributed by atoms with Crippen LogP contribution in [0.2, 0.25) is 0 Å². The van der Waals surface area contributed by atoms with Crippen molar-refractivity contribution in [3.63, 3.8) is 0 Å². The zero-order valence-corrected chi connectivity index (χ0v) is 19.8. The van der Waals surface area contributed by atoms with Gasteiger partial charge >= 0.3 is 0 Å². The van der Waals surface area contributed by atoms with E-state index < -0.39 is 0 Å². The van der Waals surface area contributed by atoms with Crippen molar-refractivity contribution < 1.29 is 0 Å². The van der Waals surface area contributed by atoms with Gasteiger partial charge in [0.1, 0.15) is 11.6 Å². The number of hydrogen-bond acceptors (Lipinski definition) is 6. The lowest BCUT2D eigenvalue weighted by Gasteiger charge is -2.13. The van der Waals surface area contributed by atoms with Crippen LogP contribution >= 0.6 is 21.6 Å². The number of rotatable bonds is 5. The number of hydrogen-bond donors (Lipinski definition) is 0. The maximum absolute atomic E-state index is 5.02. The molecule has 32 heavy (non-hydrogen) atoms. The second-order valence-corrected chi connectivity index (χ2v) is 10.5. The minimum absolute atomic E-state index is 0.981. The van der Waals surface area contributed by atoms with Crippen molar-refractivity contribution in [2.45, 2.75) is 62.7 Å². The Balaban J connectivity index is 1.40. The van der Waals surface area contributed by atoms with Crippen molar-refractivity contribution in [2.75, 3.05) is 0 Å². The molecular formula is C24H24N6S2. The minimum Gasteiger partial charge on any atom is -0.275 e. The first-order valence-corrected chi connectivity index (χ1v) is 13.2. The molecule has 0 spiro atoms. The largest absolute Gasteiger partial charge is 0.275 e. The standard InChI is InChI=1S/C24H24N6S2/c1-15-7-5-13-25-21(15)29-19-11-3-9-17(19)27-23(29)31-32-24-28-18-10-4-12-20(18)30(24)22-16(2)8-6-14-26-22/h5-8,13-14H,3-4,9-12H2,1-2H3. The second-order valence-electron chi connectivity index (χ2n) is 8.41. The molecule has 4 aromatic rings. The third kappa shape index (κ3) is 3.28. The molecule has 0 unspecified atom stereocenters. The number of nitrogens with zero attached hydrogens (tertiary/aromatic N) is 6. The van der Waals surface area contributed by atoms with Crippen LogP contribution in [0.3, 0.4) is 0 Å². The Morgan fingerprint density at radius 2 is 1.16 bits per heavy atom. The topological polar surface area (TPSA) is 61.4 Å². The number of aryl methyl sites for hydroxylation is 4. The van der Waals surface area contributed by atoms with Crippen molar-refractivity contribution >= 4 is 21.6 Å². The van der Waals surface area contributed by atoms with Crippen LogP contribution in [0.5, 0.6) is 0 Å². The van der Waals surface area contributed by atoms with E-state index in [0.717, 1.165) is 71.6 Å². The van der Waals surface area contributed by atoms with Crippen LogP contribution in [0.1, 0.15) is 46.7 Å². The van der Waals surface area contributed by atoms with Crippen LogP contribution in [0, 0.1) is 13.8 Å². The van der Waals surface area contributed by atoms with Gasteiger partial charge in [0.25, 0.3) is 0 Å². The fourth-order valence-electron chi connectivity index (χ4n) is 4.75. The van der Waals surface area contributed by atoms with E-state index in [9.17, 15) is 0 Å². The number of aromatic nitrogens is 6. The number of pyridine rings is 2. The van der Waals surface area contributed by atoms with Crippen molar-refractivity contribution in [3.05, 3.63) is 70.6 Å². The summed E-state index contributed by atoms with van der Waals surface area (Å²) in [5.74, 6) is 1.97. The van der Waals surface area contributed by atoms with Crippen molar-refractivity contribution in [2.24, 2.45) is 0 Å². The van der Waals surface area contributed by atoms with Crippen molar-refractivity contribution in [1.29, 1.82) is 0 Å². The molecular weight excluding hydrogens is 436 g/mol. The van der Waals surface area contributed by atoms with E-state index in [1.165, 1.54) is 22.8 Å². The van der Waals surface area contributed by atoms with Crippen LogP contribution < -0.4 is 0 Å². The molecule has 0 aromatic carbocycles.